The molecule has 1 unspecified atom stereocenters. The number of carbonyl (C=O) groups excluding carboxylic acids is 3. The number of carboxylic acids is 1. The Morgan fingerprint density at radius 3 is 2.27 bits per heavy atom. The largest absolute Gasteiger partial charge is 1.00 e. The number of ether oxygens (including phenoxy) is 1. The molecule has 6 heteroatoms. The molecule has 0 saturated carbocycles. The molecule has 0 aromatic rings. The van der Waals surface area contributed by atoms with Gasteiger partial charge in [-0.2, -0.15) is 0 Å². The van der Waals surface area contributed by atoms with Crippen molar-refractivity contribution in [2.24, 2.45) is 5.92 Å². The summed E-state index contributed by atoms with van der Waals surface area (Å²) in [5.74, 6) is -4.08. The monoisotopic (exact) mass is 184 g/mol. The Labute approximate surface area is 106 Å². The number of rotatable bonds is 3. The predicted octanol–water partition coefficient (Wildman–Crippen LogP) is -4.92. The molecule has 56 valence electrons. The van der Waals surface area contributed by atoms with Gasteiger partial charge in [0.2, 0.25) is 0 Å². The van der Waals surface area contributed by atoms with Crippen LogP contribution in [0.3, 0.4) is 0 Å². The molecule has 0 aliphatic carbocycles. The van der Waals surface area contributed by atoms with E-state index in [9.17, 15) is 19.5 Å². The average Bonchev–Trinajstić information content (AvgIpc) is 1.87. The number of carboxylic acid groups (broad SMARTS) is 1. The second-order valence-corrected chi connectivity index (χ2v) is 1.57. The summed E-state index contributed by atoms with van der Waals surface area (Å²) in [6.45, 7) is 0.947. The van der Waals surface area contributed by atoms with E-state index in [1.165, 1.54) is 0 Å². The van der Waals surface area contributed by atoms with Crippen LogP contribution < -0.4 is 56.5 Å². The van der Waals surface area contributed by atoms with Gasteiger partial charge in [0.05, 0.1) is 11.9 Å². The Balaban J connectivity index is 0. The smallest absolute Gasteiger partial charge is 0.549 e. The molecular weight excluding hydrogens is 179 g/mol. The summed E-state index contributed by atoms with van der Waals surface area (Å²) in [5.41, 5.74) is 0. The molecule has 11 heavy (non-hydrogen) atoms. The van der Waals surface area contributed by atoms with E-state index in [1.54, 1.807) is 0 Å². The maximum Gasteiger partial charge on any atom is 1.00 e. The first-order chi connectivity index (χ1) is 4.59. The van der Waals surface area contributed by atoms with Crippen LogP contribution >= 0.6 is 0 Å². The van der Waals surface area contributed by atoms with Gasteiger partial charge < -0.3 is 14.6 Å². The standard InChI is InChI=1S/C5H6O5.K/c1-3(4(7)8)5(9)10-2-6;/h2-3H,1H3,(H,7,8);/q;+1/p-1. The van der Waals surface area contributed by atoms with E-state index in [0.29, 0.717) is 0 Å². The number of carbonyl (C=O) groups is 3. The first-order valence-corrected chi connectivity index (χ1v) is 2.44. The van der Waals surface area contributed by atoms with Crippen LogP contribution in [0.4, 0.5) is 0 Å². The molecular formula is C5H5KO5. The van der Waals surface area contributed by atoms with Gasteiger partial charge in [0, 0.05) is 0 Å². The fourth-order valence-corrected chi connectivity index (χ4v) is 0.246. The molecule has 0 spiro atoms. The van der Waals surface area contributed by atoms with Crippen LogP contribution in [-0.2, 0) is 19.1 Å². The van der Waals surface area contributed by atoms with Crippen molar-refractivity contribution in [3.05, 3.63) is 0 Å². The fraction of sp³-hybridized carbons (Fsp3) is 0.400. The third-order valence-electron chi connectivity index (χ3n) is 0.871. The normalized spacial score (nSPS) is 10.6. The maximum absolute atomic E-state index is 10.3. The quantitative estimate of drug-likeness (QED) is 0.190. The van der Waals surface area contributed by atoms with Crippen LogP contribution in [0.2, 0.25) is 0 Å². The Hall–Kier alpha value is 0.246. The Morgan fingerprint density at radius 1 is 1.55 bits per heavy atom. The Morgan fingerprint density at radius 2 is 2.00 bits per heavy atom. The van der Waals surface area contributed by atoms with Crippen LogP contribution in [-0.4, -0.2) is 18.4 Å². The summed E-state index contributed by atoms with van der Waals surface area (Å²) in [5, 5.41) is 9.89. The molecule has 0 amide bonds. The van der Waals surface area contributed by atoms with Gasteiger partial charge >= 0.3 is 63.8 Å². The van der Waals surface area contributed by atoms with Gasteiger partial charge in [-0.05, 0) is 6.92 Å². The molecule has 0 radical (unpaired) electrons. The predicted molar refractivity (Wildman–Crippen MR) is 26.3 cm³/mol. The van der Waals surface area contributed by atoms with Crippen LogP contribution in [0, 0.1) is 5.92 Å². The Kier molecular flexibility index (Phi) is 8.70. The molecule has 0 heterocycles. The number of hydrogen-bond donors (Lipinski definition) is 0. The number of hydrogen-bond acceptors (Lipinski definition) is 5. The third-order valence-corrected chi connectivity index (χ3v) is 0.871. The van der Waals surface area contributed by atoms with Crippen LogP contribution in [0.1, 0.15) is 6.92 Å². The van der Waals surface area contributed by atoms with Crippen molar-refractivity contribution in [2.75, 3.05) is 0 Å². The molecule has 0 aromatic heterocycles. The van der Waals surface area contributed by atoms with Crippen molar-refractivity contribution < 1.29 is 75.6 Å². The van der Waals surface area contributed by atoms with Crippen molar-refractivity contribution in [3.63, 3.8) is 0 Å². The van der Waals surface area contributed by atoms with Crippen molar-refractivity contribution >= 4 is 18.4 Å². The molecule has 0 N–H and O–H groups in total. The molecule has 0 aromatic carbocycles. The molecule has 0 aliphatic rings. The maximum atomic E-state index is 10.3. The van der Waals surface area contributed by atoms with Gasteiger partial charge in [-0.15, -0.1) is 0 Å². The van der Waals surface area contributed by atoms with Crippen molar-refractivity contribution in [2.45, 2.75) is 6.92 Å². The summed E-state index contributed by atoms with van der Waals surface area (Å²) < 4.78 is 3.72. The van der Waals surface area contributed by atoms with Gasteiger partial charge in [-0.1, -0.05) is 0 Å². The average molecular weight is 184 g/mol. The van der Waals surface area contributed by atoms with Gasteiger partial charge in [0.1, 0.15) is 0 Å². The summed E-state index contributed by atoms with van der Waals surface area (Å²) in [6.07, 6.45) is 0. The third kappa shape index (κ3) is 5.51. The van der Waals surface area contributed by atoms with Crippen LogP contribution in [0.15, 0.2) is 0 Å². The van der Waals surface area contributed by atoms with E-state index >= 15 is 0 Å². The van der Waals surface area contributed by atoms with E-state index in [2.05, 4.69) is 4.74 Å². The van der Waals surface area contributed by atoms with Crippen molar-refractivity contribution in [1.82, 2.24) is 0 Å². The number of aliphatic carboxylic acids is 1. The van der Waals surface area contributed by atoms with Crippen LogP contribution in [0.25, 0.3) is 0 Å². The molecule has 0 aliphatic heterocycles. The minimum absolute atomic E-state index is 0. The van der Waals surface area contributed by atoms with Crippen LogP contribution in [0.5, 0.6) is 0 Å². The summed E-state index contributed by atoms with van der Waals surface area (Å²) in [4.78, 5) is 29.7. The zero-order valence-electron chi connectivity index (χ0n) is 6.20. The molecule has 0 bridgehead atoms. The summed E-state index contributed by atoms with van der Waals surface area (Å²) in [7, 11) is 0. The second kappa shape index (κ2) is 6.93. The topological polar surface area (TPSA) is 83.5 Å². The van der Waals surface area contributed by atoms with E-state index in [1.807, 2.05) is 0 Å². The molecule has 5 nitrogen and oxygen atoms in total. The number of esters is 1. The van der Waals surface area contributed by atoms with Gasteiger partial charge in [0.15, 0.2) is 0 Å². The summed E-state index contributed by atoms with van der Waals surface area (Å²) >= 11 is 0. The SMILES string of the molecule is CC(C(=O)[O-])C(=O)OC=O.[K+]. The van der Waals surface area contributed by atoms with E-state index < -0.39 is 17.9 Å². The zero-order chi connectivity index (χ0) is 8.15. The molecule has 1 atom stereocenters. The minimum atomic E-state index is -1.56. The minimum Gasteiger partial charge on any atom is -0.549 e. The molecule has 0 fully saturated rings. The summed E-state index contributed by atoms with van der Waals surface area (Å²) in [6, 6.07) is 0. The first-order valence-electron chi connectivity index (χ1n) is 2.44. The fourth-order valence-electron chi connectivity index (χ4n) is 0.246. The van der Waals surface area contributed by atoms with E-state index in [4.69, 9.17) is 0 Å². The second-order valence-electron chi connectivity index (χ2n) is 1.57. The first kappa shape index (κ1) is 13.8. The van der Waals surface area contributed by atoms with Crippen molar-refractivity contribution in [3.8, 4) is 0 Å². The van der Waals surface area contributed by atoms with Gasteiger partial charge in [0.25, 0.3) is 0 Å². The van der Waals surface area contributed by atoms with Gasteiger partial charge in [-0.25, -0.2) is 0 Å². The Bertz CT molecular complexity index is 166. The van der Waals surface area contributed by atoms with E-state index in [0.717, 1.165) is 6.92 Å². The van der Waals surface area contributed by atoms with Gasteiger partial charge in [-0.3, -0.25) is 9.59 Å². The molecule has 0 saturated heterocycles. The van der Waals surface area contributed by atoms with E-state index in [-0.39, 0.29) is 57.9 Å². The van der Waals surface area contributed by atoms with Crippen molar-refractivity contribution in [1.29, 1.82) is 0 Å². The zero-order valence-corrected chi connectivity index (χ0v) is 9.32. The molecule has 0 rings (SSSR count).